The van der Waals surface area contributed by atoms with E-state index < -0.39 is 5.56 Å². The second kappa shape index (κ2) is 5.84. The molecule has 1 N–H and O–H groups in total. The van der Waals surface area contributed by atoms with Crippen LogP contribution in [0.1, 0.15) is 16.7 Å². The Bertz CT molecular complexity index is 1130. The SMILES string of the molecule is Cc1ccc(-n2c(=O)c(C#N)c(O)c3ccc(Br)cc32)cc1C#N. The minimum atomic E-state index is -0.631. The van der Waals surface area contributed by atoms with Gasteiger partial charge in [0, 0.05) is 9.86 Å². The highest BCUT2D eigenvalue weighted by Crippen LogP contribution is 2.30. The van der Waals surface area contributed by atoms with E-state index in [9.17, 15) is 20.4 Å². The van der Waals surface area contributed by atoms with Gasteiger partial charge >= 0.3 is 0 Å². The van der Waals surface area contributed by atoms with Gasteiger partial charge in [-0.05, 0) is 42.8 Å². The van der Waals surface area contributed by atoms with Crippen molar-refractivity contribution >= 4 is 26.8 Å². The van der Waals surface area contributed by atoms with Crippen LogP contribution < -0.4 is 5.56 Å². The van der Waals surface area contributed by atoms with Crippen LogP contribution in [-0.4, -0.2) is 9.67 Å². The van der Waals surface area contributed by atoms with Gasteiger partial charge in [-0.25, -0.2) is 0 Å². The Morgan fingerprint density at radius 1 is 1.12 bits per heavy atom. The first-order chi connectivity index (χ1) is 11.5. The van der Waals surface area contributed by atoms with E-state index in [0.29, 0.717) is 22.2 Å². The topological polar surface area (TPSA) is 89.8 Å². The van der Waals surface area contributed by atoms with E-state index in [0.717, 1.165) is 10.0 Å². The lowest BCUT2D eigenvalue weighted by atomic mass is 10.1. The Morgan fingerprint density at radius 2 is 1.88 bits per heavy atom. The first-order valence-electron chi connectivity index (χ1n) is 6.96. The summed E-state index contributed by atoms with van der Waals surface area (Å²) in [7, 11) is 0. The Balaban J connectivity index is 2.53. The quantitative estimate of drug-likeness (QED) is 0.700. The molecule has 0 fully saturated rings. The zero-order valence-electron chi connectivity index (χ0n) is 12.5. The molecule has 0 bridgehead atoms. The molecule has 0 saturated carbocycles. The molecule has 0 atom stereocenters. The first kappa shape index (κ1) is 15.8. The maximum absolute atomic E-state index is 12.7. The highest BCUT2D eigenvalue weighted by Gasteiger charge is 2.18. The Kier molecular flexibility index (Phi) is 3.84. The number of rotatable bonds is 1. The van der Waals surface area contributed by atoms with Gasteiger partial charge in [0.25, 0.3) is 5.56 Å². The van der Waals surface area contributed by atoms with Crippen LogP contribution in [-0.2, 0) is 0 Å². The first-order valence-corrected chi connectivity index (χ1v) is 7.75. The van der Waals surface area contributed by atoms with Crippen LogP contribution in [0.15, 0.2) is 45.7 Å². The molecule has 0 radical (unpaired) electrons. The van der Waals surface area contributed by atoms with Gasteiger partial charge in [-0.2, -0.15) is 10.5 Å². The molecule has 0 amide bonds. The van der Waals surface area contributed by atoms with Crippen LogP contribution in [0.25, 0.3) is 16.6 Å². The molecule has 0 aliphatic carbocycles. The Labute approximate surface area is 145 Å². The summed E-state index contributed by atoms with van der Waals surface area (Å²) in [6.45, 7) is 1.80. The zero-order chi connectivity index (χ0) is 17.4. The van der Waals surface area contributed by atoms with Crippen molar-refractivity contribution in [2.45, 2.75) is 6.92 Å². The predicted molar refractivity (Wildman–Crippen MR) is 93.1 cm³/mol. The third-order valence-corrected chi connectivity index (χ3v) is 4.31. The van der Waals surface area contributed by atoms with Crippen LogP contribution in [0.3, 0.4) is 0 Å². The zero-order valence-corrected chi connectivity index (χ0v) is 14.1. The number of benzene rings is 2. The summed E-state index contributed by atoms with van der Waals surface area (Å²) < 4.78 is 2.05. The molecule has 3 rings (SSSR count). The molecule has 0 aliphatic heterocycles. The van der Waals surface area contributed by atoms with Gasteiger partial charge in [-0.1, -0.05) is 22.0 Å². The predicted octanol–water partition coefficient (Wildman–Crippen LogP) is 3.51. The molecule has 0 unspecified atom stereocenters. The highest BCUT2D eigenvalue weighted by molar-refractivity contribution is 9.10. The van der Waals surface area contributed by atoms with Gasteiger partial charge in [0.1, 0.15) is 11.8 Å². The number of aryl methyl sites for hydroxylation is 1. The molecule has 1 heterocycles. The molecular weight excluding hydrogens is 370 g/mol. The molecule has 116 valence electrons. The van der Waals surface area contributed by atoms with Gasteiger partial charge in [-0.3, -0.25) is 9.36 Å². The van der Waals surface area contributed by atoms with Crippen molar-refractivity contribution in [1.82, 2.24) is 4.57 Å². The summed E-state index contributed by atoms with van der Waals surface area (Å²) in [5, 5.41) is 29.1. The third-order valence-electron chi connectivity index (χ3n) is 3.82. The van der Waals surface area contributed by atoms with E-state index in [1.807, 2.05) is 0 Å². The Morgan fingerprint density at radius 3 is 2.54 bits per heavy atom. The summed E-state index contributed by atoms with van der Waals surface area (Å²) in [4.78, 5) is 12.7. The van der Waals surface area contributed by atoms with E-state index in [4.69, 9.17) is 0 Å². The number of hydrogen-bond donors (Lipinski definition) is 1. The molecule has 0 saturated heterocycles. The van der Waals surface area contributed by atoms with Gasteiger partial charge in [-0.15, -0.1) is 0 Å². The van der Waals surface area contributed by atoms with Crippen LogP contribution in [0.5, 0.6) is 5.75 Å². The number of aromatic hydroxyl groups is 1. The molecule has 6 heteroatoms. The smallest absolute Gasteiger partial charge is 0.277 e. The van der Waals surface area contributed by atoms with Crippen molar-refractivity contribution in [3.63, 3.8) is 0 Å². The molecule has 3 aromatic rings. The summed E-state index contributed by atoms with van der Waals surface area (Å²) >= 11 is 3.35. The summed E-state index contributed by atoms with van der Waals surface area (Å²) in [5.41, 5.74) is 1.17. The van der Waals surface area contributed by atoms with Gasteiger partial charge in [0.05, 0.1) is 22.8 Å². The molecule has 1 aromatic heterocycles. The average molecular weight is 380 g/mol. The number of fused-ring (bicyclic) bond motifs is 1. The molecule has 5 nitrogen and oxygen atoms in total. The van der Waals surface area contributed by atoms with Crippen molar-refractivity contribution in [3.8, 4) is 23.6 Å². The van der Waals surface area contributed by atoms with Crippen molar-refractivity contribution in [1.29, 1.82) is 10.5 Å². The van der Waals surface area contributed by atoms with Crippen molar-refractivity contribution < 1.29 is 5.11 Å². The third kappa shape index (κ3) is 2.34. The van der Waals surface area contributed by atoms with Crippen molar-refractivity contribution in [3.05, 3.63) is 67.9 Å². The molecule has 24 heavy (non-hydrogen) atoms. The summed E-state index contributed by atoms with van der Waals surface area (Å²) in [6, 6.07) is 13.9. The van der Waals surface area contributed by atoms with Crippen LogP contribution in [0.2, 0.25) is 0 Å². The fourth-order valence-corrected chi connectivity index (χ4v) is 2.92. The minimum absolute atomic E-state index is 0.330. The lowest BCUT2D eigenvalue weighted by Gasteiger charge is -2.14. The van der Waals surface area contributed by atoms with E-state index in [2.05, 4.69) is 22.0 Å². The Hall–Kier alpha value is -3.09. The number of halogens is 1. The fourth-order valence-electron chi connectivity index (χ4n) is 2.57. The van der Waals surface area contributed by atoms with Gasteiger partial charge in [0.15, 0.2) is 5.56 Å². The summed E-state index contributed by atoms with van der Waals surface area (Å²) in [5.74, 6) is -0.339. The average Bonchev–Trinajstić information content (AvgIpc) is 2.56. The van der Waals surface area contributed by atoms with Crippen molar-refractivity contribution in [2.24, 2.45) is 0 Å². The number of aromatic nitrogens is 1. The monoisotopic (exact) mass is 379 g/mol. The highest BCUT2D eigenvalue weighted by atomic mass is 79.9. The lowest BCUT2D eigenvalue weighted by molar-refractivity contribution is 0.478. The summed E-state index contributed by atoms with van der Waals surface area (Å²) in [6.07, 6.45) is 0. The van der Waals surface area contributed by atoms with E-state index in [1.165, 1.54) is 4.57 Å². The molecule has 0 aliphatic rings. The largest absolute Gasteiger partial charge is 0.506 e. The van der Waals surface area contributed by atoms with Crippen LogP contribution in [0.4, 0.5) is 0 Å². The molecule has 2 aromatic carbocycles. The van der Waals surface area contributed by atoms with Gasteiger partial charge < -0.3 is 5.11 Å². The van der Waals surface area contributed by atoms with E-state index in [1.54, 1.807) is 49.4 Å². The molecule has 0 spiro atoms. The maximum atomic E-state index is 12.7. The van der Waals surface area contributed by atoms with Gasteiger partial charge in [0.2, 0.25) is 0 Å². The number of pyridine rings is 1. The van der Waals surface area contributed by atoms with E-state index >= 15 is 0 Å². The number of nitriles is 2. The maximum Gasteiger partial charge on any atom is 0.277 e. The van der Waals surface area contributed by atoms with Crippen molar-refractivity contribution in [2.75, 3.05) is 0 Å². The lowest BCUT2D eigenvalue weighted by Crippen LogP contribution is -2.22. The normalized spacial score (nSPS) is 10.3. The number of nitrogens with zero attached hydrogens (tertiary/aromatic N) is 3. The number of hydrogen-bond acceptors (Lipinski definition) is 4. The fraction of sp³-hybridized carbons (Fsp3) is 0.0556. The molecular formula is C18H10BrN3O2. The second-order valence-corrected chi connectivity index (χ2v) is 6.16. The standard InChI is InChI=1S/C18H10BrN3O2/c1-10-2-4-13(6-11(10)8-20)22-16-7-12(19)3-5-14(16)17(23)15(9-21)18(22)24/h2-7,23H,1H3. The second-order valence-electron chi connectivity index (χ2n) is 5.25. The van der Waals surface area contributed by atoms with Crippen LogP contribution >= 0.6 is 15.9 Å². The minimum Gasteiger partial charge on any atom is -0.506 e. The van der Waals surface area contributed by atoms with E-state index in [-0.39, 0.29) is 11.3 Å². The van der Waals surface area contributed by atoms with Crippen LogP contribution in [0, 0.1) is 29.6 Å².